The minimum Gasteiger partial charge on any atom is -0.457 e. The summed E-state index contributed by atoms with van der Waals surface area (Å²) in [6.45, 7) is 10.6. The quantitative estimate of drug-likeness (QED) is 0.409. The van der Waals surface area contributed by atoms with Crippen LogP contribution in [0.1, 0.15) is 84.3 Å². The normalized spacial score (nSPS) is 31.5. The van der Waals surface area contributed by atoms with E-state index < -0.39 is 35.6 Å². The number of hydrogen-bond donors (Lipinski definition) is 3. The molecule has 0 bridgehead atoms. The Bertz CT molecular complexity index is 934. The van der Waals surface area contributed by atoms with E-state index in [9.17, 15) is 24.9 Å². The summed E-state index contributed by atoms with van der Waals surface area (Å²) in [7, 11) is 0. The van der Waals surface area contributed by atoms with Gasteiger partial charge in [-0.1, -0.05) is 39.3 Å². The van der Waals surface area contributed by atoms with Gasteiger partial charge in [-0.3, -0.25) is 9.59 Å². The summed E-state index contributed by atoms with van der Waals surface area (Å²) in [5.41, 5.74) is 1.44. The fourth-order valence-corrected chi connectivity index (χ4v) is 5.03. The van der Waals surface area contributed by atoms with Crippen LogP contribution >= 0.6 is 11.3 Å². The lowest BCUT2D eigenvalue weighted by molar-refractivity contribution is -0.154. The van der Waals surface area contributed by atoms with Gasteiger partial charge in [-0.2, -0.15) is 0 Å². The smallest absolute Gasteiger partial charge is 0.309 e. The fraction of sp³-hybridized carbons (Fsp3) is 0.667. The lowest BCUT2D eigenvalue weighted by Crippen LogP contribution is -2.45. The number of nitrogens with zero attached hydrogens (tertiary/aromatic N) is 1. The Morgan fingerprint density at radius 1 is 1.29 bits per heavy atom. The topological polar surface area (TPSA) is 117 Å². The highest BCUT2D eigenvalue weighted by molar-refractivity contribution is 7.09. The van der Waals surface area contributed by atoms with Gasteiger partial charge < -0.3 is 20.1 Å². The number of cyclic esters (lactones) is 1. The van der Waals surface area contributed by atoms with Gasteiger partial charge in [0.1, 0.15) is 16.9 Å². The summed E-state index contributed by atoms with van der Waals surface area (Å²) in [5, 5.41) is 33.3. The van der Waals surface area contributed by atoms with Gasteiger partial charge in [0.15, 0.2) is 0 Å². The number of thiazole rings is 1. The molecule has 0 spiro atoms. The third-order valence-corrected chi connectivity index (χ3v) is 7.96. The predicted octanol–water partition coefficient (Wildman–Crippen LogP) is 4.45. The average Bonchev–Trinajstić information content (AvgIpc) is 3.26. The number of allylic oxidation sites excluding steroid dienone is 1. The zero-order valence-electron chi connectivity index (χ0n) is 21.8. The molecule has 0 aliphatic carbocycles. The molecular formula is C27H41NO6S. The van der Waals surface area contributed by atoms with Crippen LogP contribution in [0.15, 0.2) is 22.6 Å². The molecule has 0 aromatic carbocycles. The van der Waals surface area contributed by atoms with Gasteiger partial charge in [-0.15, -0.1) is 11.3 Å². The number of carbonyl (C=O) groups excluding carboxylic acids is 2. The summed E-state index contributed by atoms with van der Waals surface area (Å²) in [6, 6.07) is 0. The second-order valence-electron chi connectivity index (χ2n) is 10.4. The number of esters is 1. The highest BCUT2D eigenvalue weighted by Gasteiger charge is 2.42. The Morgan fingerprint density at radius 2 is 1.97 bits per heavy atom. The molecule has 1 aliphatic heterocycles. The lowest BCUT2D eigenvalue weighted by atomic mass is 9.73. The summed E-state index contributed by atoms with van der Waals surface area (Å²) in [6.07, 6.45) is 3.95. The molecule has 7 nitrogen and oxygen atoms in total. The van der Waals surface area contributed by atoms with E-state index in [2.05, 4.69) is 11.1 Å². The van der Waals surface area contributed by atoms with Crippen LogP contribution in [0.5, 0.6) is 0 Å². The molecule has 1 aliphatic rings. The molecule has 0 unspecified atom stereocenters. The SMILES string of the molecule is C/C1=C/C[C@@H](/C(C)=C\c2csc(CO)n2)OC(=O)C[C@H](O)C(C)(C)C(=O)[C@H](C)[C@@H](O)[C@@H](C)CCC1. The standard InChI is InChI=1S/C27H41NO6S/c1-16-8-7-9-17(2)25(32)19(4)26(33)27(5,6)22(30)13-24(31)34-21(11-10-16)18(3)12-20-15-35-23(14-29)28-20/h10,12,15,17,19,21-22,25,29-30,32H,7-9,11,13-14H2,1-6H3/b16-10-,18-12-/t17-,19+,21-,22-,25-/m0/s1. The molecule has 3 N–H and O–H groups in total. The van der Waals surface area contributed by atoms with Crippen LogP contribution in [0.25, 0.3) is 6.08 Å². The zero-order chi connectivity index (χ0) is 26.3. The first-order valence-corrected chi connectivity index (χ1v) is 13.2. The van der Waals surface area contributed by atoms with E-state index in [1.807, 2.05) is 32.2 Å². The molecule has 1 aromatic heterocycles. The zero-order valence-corrected chi connectivity index (χ0v) is 22.6. The first kappa shape index (κ1) is 29.4. The van der Waals surface area contributed by atoms with Crippen LogP contribution in [-0.4, -0.2) is 50.4 Å². The number of hydrogen-bond acceptors (Lipinski definition) is 8. The van der Waals surface area contributed by atoms with Crippen molar-refractivity contribution in [3.8, 4) is 0 Å². The minimum absolute atomic E-state index is 0.0626. The van der Waals surface area contributed by atoms with Crippen LogP contribution in [0.2, 0.25) is 0 Å². The minimum atomic E-state index is -1.24. The first-order valence-electron chi connectivity index (χ1n) is 12.4. The van der Waals surface area contributed by atoms with Gasteiger partial charge in [0.05, 0.1) is 36.3 Å². The van der Waals surface area contributed by atoms with Crippen molar-refractivity contribution in [3.63, 3.8) is 0 Å². The van der Waals surface area contributed by atoms with E-state index in [1.165, 1.54) is 11.3 Å². The summed E-state index contributed by atoms with van der Waals surface area (Å²) in [5.74, 6) is -1.58. The second kappa shape index (κ2) is 12.9. The van der Waals surface area contributed by atoms with E-state index in [0.717, 1.165) is 30.4 Å². The third-order valence-electron chi connectivity index (χ3n) is 7.11. The van der Waals surface area contributed by atoms with E-state index in [1.54, 1.807) is 20.8 Å². The number of ether oxygens (including phenoxy) is 1. The van der Waals surface area contributed by atoms with Crippen molar-refractivity contribution in [1.82, 2.24) is 4.98 Å². The maximum absolute atomic E-state index is 13.2. The second-order valence-corrected chi connectivity index (χ2v) is 11.4. The van der Waals surface area contributed by atoms with Crippen molar-refractivity contribution in [2.75, 3.05) is 0 Å². The highest BCUT2D eigenvalue weighted by atomic mass is 32.1. The van der Waals surface area contributed by atoms with E-state index >= 15 is 0 Å². The van der Waals surface area contributed by atoms with Crippen molar-refractivity contribution in [3.05, 3.63) is 33.3 Å². The molecule has 0 saturated carbocycles. The van der Waals surface area contributed by atoms with Gasteiger partial charge in [-0.05, 0) is 50.7 Å². The molecule has 2 rings (SSSR count). The Morgan fingerprint density at radius 3 is 2.60 bits per heavy atom. The monoisotopic (exact) mass is 507 g/mol. The van der Waals surface area contributed by atoms with Crippen molar-refractivity contribution in [2.24, 2.45) is 17.3 Å². The number of aromatic nitrogens is 1. The predicted molar refractivity (Wildman–Crippen MR) is 138 cm³/mol. The number of aliphatic hydroxyl groups is 3. The Hall–Kier alpha value is -1.87. The number of Topliss-reactive ketones (excluding diaryl/α,β-unsaturated/α-hetero) is 1. The van der Waals surface area contributed by atoms with Crippen LogP contribution in [-0.2, 0) is 20.9 Å². The number of aliphatic hydroxyl groups excluding tert-OH is 3. The largest absolute Gasteiger partial charge is 0.457 e. The highest BCUT2D eigenvalue weighted by Crippen LogP contribution is 2.32. The first-order chi connectivity index (χ1) is 16.4. The molecule has 8 heteroatoms. The van der Waals surface area contributed by atoms with Crippen molar-refractivity contribution in [1.29, 1.82) is 0 Å². The molecule has 1 aromatic rings. The summed E-state index contributed by atoms with van der Waals surface area (Å²) >= 11 is 1.36. The molecular weight excluding hydrogens is 466 g/mol. The van der Waals surface area contributed by atoms with Crippen molar-refractivity contribution in [2.45, 2.75) is 98.6 Å². The van der Waals surface area contributed by atoms with Gasteiger partial charge >= 0.3 is 5.97 Å². The number of ketones is 1. The molecule has 35 heavy (non-hydrogen) atoms. The summed E-state index contributed by atoms with van der Waals surface area (Å²) in [4.78, 5) is 30.4. The van der Waals surface area contributed by atoms with Crippen molar-refractivity contribution < 1.29 is 29.6 Å². The van der Waals surface area contributed by atoms with Gasteiger partial charge in [-0.25, -0.2) is 4.98 Å². The average molecular weight is 508 g/mol. The fourth-order valence-electron chi connectivity index (χ4n) is 4.42. The molecule has 0 amide bonds. The van der Waals surface area contributed by atoms with E-state index in [-0.39, 0.29) is 24.7 Å². The lowest BCUT2D eigenvalue weighted by Gasteiger charge is -2.34. The van der Waals surface area contributed by atoms with Crippen LogP contribution in [0.3, 0.4) is 0 Å². The Kier molecular flexibility index (Phi) is 10.8. The molecule has 0 fully saturated rings. The van der Waals surface area contributed by atoms with Crippen LogP contribution in [0, 0.1) is 17.3 Å². The molecule has 0 saturated heterocycles. The number of rotatable bonds is 3. The molecule has 196 valence electrons. The molecule has 5 atom stereocenters. The molecule has 2 heterocycles. The summed E-state index contributed by atoms with van der Waals surface area (Å²) < 4.78 is 5.78. The maximum atomic E-state index is 13.2. The molecule has 0 radical (unpaired) electrons. The maximum Gasteiger partial charge on any atom is 0.309 e. The Labute approximate surface area is 212 Å². The van der Waals surface area contributed by atoms with Crippen LogP contribution < -0.4 is 0 Å². The van der Waals surface area contributed by atoms with Crippen molar-refractivity contribution >= 4 is 29.2 Å². The van der Waals surface area contributed by atoms with Gasteiger partial charge in [0.25, 0.3) is 0 Å². The van der Waals surface area contributed by atoms with E-state index in [0.29, 0.717) is 17.1 Å². The number of carbonyl (C=O) groups is 2. The van der Waals surface area contributed by atoms with E-state index in [4.69, 9.17) is 4.74 Å². The van der Waals surface area contributed by atoms with Gasteiger partial charge in [0.2, 0.25) is 0 Å². The van der Waals surface area contributed by atoms with Crippen LogP contribution in [0.4, 0.5) is 0 Å². The van der Waals surface area contributed by atoms with Gasteiger partial charge in [0, 0.05) is 17.7 Å². The third kappa shape index (κ3) is 8.07. The Balaban J connectivity index is 2.33.